The van der Waals surface area contributed by atoms with Gasteiger partial charge in [0, 0.05) is 18.7 Å². The van der Waals surface area contributed by atoms with Crippen molar-refractivity contribution in [2.75, 3.05) is 41.0 Å². The Morgan fingerprint density at radius 1 is 1.04 bits per heavy atom. The van der Waals surface area contributed by atoms with Crippen molar-refractivity contribution >= 4 is 11.8 Å². The molecule has 0 spiro atoms. The number of methoxy groups -OCH3 is 3. The van der Waals surface area contributed by atoms with Crippen LogP contribution in [-0.2, 0) is 4.79 Å². The van der Waals surface area contributed by atoms with Crippen molar-refractivity contribution in [3.8, 4) is 17.2 Å². The first kappa shape index (κ1) is 19.9. The SMILES string of the molecule is COc1cc(C(=O)NCC(=O)N2CC(C)CC(C)C2)cc(OC)c1OC. The number of nitrogens with zero attached hydrogens (tertiary/aromatic N) is 1. The van der Waals surface area contributed by atoms with Crippen LogP contribution in [0.1, 0.15) is 30.6 Å². The number of amides is 2. The molecule has 1 aromatic rings. The molecule has 26 heavy (non-hydrogen) atoms. The van der Waals surface area contributed by atoms with E-state index in [1.54, 1.807) is 12.1 Å². The minimum Gasteiger partial charge on any atom is -0.493 e. The van der Waals surface area contributed by atoms with E-state index < -0.39 is 0 Å². The third-order valence-electron chi connectivity index (χ3n) is 4.55. The lowest BCUT2D eigenvalue weighted by Gasteiger charge is -2.35. The van der Waals surface area contributed by atoms with Gasteiger partial charge in [0.1, 0.15) is 0 Å². The number of nitrogens with one attached hydrogen (secondary N) is 1. The molecule has 1 N–H and O–H groups in total. The molecule has 2 amide bonds. The number of ether oxygens (including phenoxy) is 3. The van der Waals surface area contributed by atoms with Gasteiger partial charge < -0.3 is 24.4 Å². The van der Waals surface area contributed by atoms with Gasteiger partial charge in [0.25, 0.3) is 5.91 Å². The van der Waals surface area contributed by atoms with Crippen LogP contribution in [0, 0.1) is 11.8 Å². The molecule has 0 aromatic heterocycles. The monoisotopic (exact) mass is 364 g/mol. The predicted molar refractivity (Wildman–Crippen MR) is 98.0 cm³/mol. The Morgan fingerprint density at radius 2 is 1.58 bits per heavy atom. The van der Waals surface area contributed by atoms with Gasteiger partial charge in [-0.1, -0.05) is 13.8 Å². The van der Waals surface area contributed by atoms with Gasteiger partial charge in [-0.05, 0) is 30.4 Å². The van der Waals surface area contributed by atoms with Crippen LogP contribution >= 0.6 is 0 Å². The first-order valence-corrected chi connectivity index (χ1v) is 8.75. The van der Waals surface area contributed by atoms with Gasteiger partial charge in [-0.25, -0.2) is 0 Å². The van der Waals surface area contributed by atoms with Crippen LogP contribution in [0.5, 0.6) is 17.2 Å². The summed E-state index contributed by atoms with van der Waals surface area (Å²) in [6.07, 6.45) is 1.13. The van der Waals surface area contributed by atoms with Gasteiger partial charge >= 0.3 is 0 Å². The van der Waals surface area contributed by atoms with Crippen molar-refractivity contribution < 1.29 is 23.8 Å². The highest BCUT2D eigenvalue weighted by atomic mass is 16.5. The minimum absolute atomic E-state index is 0.0328. The molecule has 1 heterocycles. The second-order valence-corrected chi connectivity index (χ2v) is 6.84. The number of hydrogen-bond donors (Lipinski definition) is 1. The van der Waals surface area contributed by atoms with Crippen LogP contribution in [0.25, 0.3) is 0 Å². The standard InChI is InChI=1S/C19H28N2O5/c1-12-6-13(2)11-21(10-12)17(22)9-20-19(23)14-7-15(24-3)18(26-5)16(8-14)25-4/h7-8,12-13H,6,9-11H2,1-5H3,(H,20,23). The summed E-state index contributed by atoms with van der Waals surface area (Å²) in [6.45, 7) is 5.73. The molecule has 1 fully saturated rings. The largest absolute Gasteiger partial charge is 0.493 e. The molecule has 1 saturated heterocycles. The molecule has 2 atom stereocenters. The van der Waals surface area contributed by atoms with Crippen molar-refractivity contribution in [2.45, 2.75) is 20.3 Å². The summed E-state index contributed by atoms with van der Waals surface area (Å²) in [7, 11) is 4.47. The zero-order chi connectivity index (χ0) is 19.3. The van der Waals surface area contributed by atoms with Gasteiger partial charge in [0.2, 0.25) is 11.7 Å². The maximum Gasteiger partial charge on any atom is 0.251 e. The Bertz CT molecular complexity index is 626. The molecule has 144 valence electrons. The molecular formula is C19H28N2O5. The van der Waals surface area contributed by atoms with Crippen LogP contribution < -0.4 is 19.5 Å². The molecular weight excluding hydrogens is 336 g/mol. The summed E-state index contributed by atoms with van der Waals surface area (Å²) in [5.41, 5.74) is 0.340. The average molecular weight is 364 g/mol. The number of carbonyl (C=O) groups is 2. The first-order valence-electron chi connectivity index (χ1n) is 8.75. The fraction of sp³-hybridized carbons (Fsp3) is 0.579. The third kappa shape index (κ3) is 4.59. The Hall–Kier alpha value is -2.44. The number of benzene rings is 1. The van der Waals surface area contributed by atoms with Crippen LogP contribution in [0.15, 0.2) is 12.1 Å². The van der Waals surface area contributed by atoms with E-state index >= 15 is 0 Å². The Kier molecular flexibility index (Phi) is 6.71. The van der Waals surface area contributed by atoms with E-state index in [9.17, 15) is 9.59 Å². The summed E-state index contributed by atoms with van der Waals surface area (Å²) < 4.78 is 15.8. The van der Waals surface area contributed by atoms with Crippen LogP contribution in [0.3, 0.4) is 0 Å². The Labute approximate surface area is 154 Å². The zero-order valence-corrected chi connectivity index (χ0v) is 16.1. The lowest BCUT2D eigenvalue weighted by Crippen LogP contribution is -2.46. The Balaban J connectivity index is 2.04. The second kappa shape index (κ2) is 8.78. The summed E-state index contributed by atoms with van der Waals surface area (Å²) in [6, 6.07) is 3.12. The molecule has 2 unspecified atom stereocenters. The molecule has 0 aliphatic carbocycles. The van der Waals surface area contributed by atoms with Gasteiger partial charge in [0.15, 0.2) is 11.5 Å². The quantitative estimate of drug-likeness (QED) is 0.835. The van der Waals surface area contributed by atoms with Crippen LogP contribution in [0.2, 0.25) is 0 Å². The highest BCUT2D eigenvalue weighted by Gasteiger charge is 2.25. The number of hydrogen-bond acceptors (Lipinski definition) is 5. The third-order valence-corrected chi connectivity index (χ3v) is 4.55. The normalized spacial score (nSPS) is 19.7. The van der Waals surface area contributed by atoms with Gasteiger partial charge in [-0.3, -0.25) is 9.59 Å². The van der Waals surface area contributed by atoms with E-state index in [0.717, 1.165) is 19.5 Å². The molecule has 7 nitrogen and oxygen atoms in total. The lowest BCUT2D eigenvalue weighted by molar-refractivity contribution is -0.132. The molecule has 1 aliphatic rings. The molecule has 7 heteroatoms. The van der Waals surface area contributed by atoms with E-state index in [4.69, 9.17) is 14.2 Å². The van der Waals surface area contributed by atoms with E-state index in [0.29, 0.717) is 34.6 Å². The highest BCUT2D eigenvalue weighted by Crippen LogP contribution is 2.38. The van der Waals surface area contributed by atoms with Gasteiger partial charge in [0.05, 0.1) is 27.9 Å². The van der Waals surface area contributed by atoms with Crippen molar-refractivity contribution in [2.24, 2.45) is 11.8 Å². The molecule has 1 aliphatic heterocycles. The number of rotatable bonds is 6. The van der Waals surface area contributed by atoms with E-state index in [-0.39, 0.29) is 18.4 Å². The highest BCUT2D eigenvalue weighted by molar-refractivity contribution is 5.97. The van der Waals surface area contributed by atoms with Crippen molar-refractivity contribution in [1.82, 2.24) is 10.2 Å². The fourth-order valence-electron chi connectivity index (χ4n) is 3.45. The summed E-state index contributed by atoms with van der Waals surface area (Å²) in [5.74, 6) is 1.73. The smallest absolute Gasteiger partial charge is 0.251 e. The van der Waals surface area contributed by atoms with Crippen molar-refractivity contribution in [1.29, 1.82) is 0 Å². The lowest BCUT2D eigenvalue weighted by atomic mass is 9.92. The summed E-state index contributed by atoms with van der Waals surface area (Å²) >= 11 is 0. The molecule has 0 bridgehead atoms. The van der Waals surface area contributed by atoms with Gasteiger partial charge in [-0.2, -0.15) is 0 Å². The molecule has 0 radical (unpaired) electrons. The summed E-state index contributed by atoms with van der Waals surface area (Å²) in [4.78, 5) is 26.7. The fourth-order valence-corrected chi connectivity index (χ4v) is 3.45. The maximum absolute atomic E-state index is 12.5. The van der Waals surface area contributed by atoms with Crippen LogP contribution in [0.4, 0.5) is 0 Å². The topological polar surface area (TPSA) is 77.1 Å². The average Bonchev–Trinajstić information content (AvgIpc) is 2.63. The second-order valence-electron chi connectivity index (χ2n) is 6.84. The molecule has 1 aromatic carbocycles. The zero-order valence-electron chi connectivity index (χ0n) is 16.1. The predicted octanol–water partition coefficient (Wildman–Crippen LogP) is 1.95. The summed E-state index contributed by atoms with van der Waals surface area (Å²) in [5, 5.41) is 2.68. The van der Waals surface area contributed by atoms with E-state index in [1.807, 2.05) is 4.90 Å². The number of piperidine rings is 1. The van der Waals surface area contributed by atoms with Crippen LogP contribution in [-0.4, -0.2) is 57.7 Å². The van der Waals surface area contributed by atoms with Gasteiger partial charge in [-0.15, -0.1) is 0 Å². The first-order chi connectivity index (χ1) is 12.4. The van der Waals surface area contributed by atoms with E-state index in [1.165, 1.54) is 21.3 Å². The number of carbonyl (C=O) groups excluding carboxylic acids is 2. The molecule has 2 rings (SSSR count). The van der Waals surface area contributed by atoms with E-state index in [2.05, 4.69) is 19.2 Å². The maximum atomic E-state index is 12.5. The van der Waals surface area contributed by atoms with Crippen molar-refractivity contribution in [3.05, 3.63) is 17.7 Å². The minimum atomic E-state index is -0.365. The van der Waals surface area contributed by atoms with Crippen molar-refractivity contribution in [3.63, 3.8) is 0 Å². The molecule has 0 saturated carbocycles. The number of likely N-dealkylation sites (tertiary alicyclic amines) is 1. The Morgan fingerprint density at radius 3 is 2.04 bits per heavy atom.